The van der Waals surface area contributed by atoms with Gasteiger partial charge in [-0.2, -0.15) is 0 Å². The highest BCUT2D eigenvalue weighted by Gasteiger charge is 2.26. The van der Waals surface area contributed by atoms with Crippen LogP contribution in [0.4, 0.5) is 0 Å². The Morgan fingerprint density at radius 3 is 3.00 bits per heavy atom. The summed E-state index contributed by atoms with van der Waals surface area (Å²) in [6, 6.07) is 0. The highest BCUT2D eigenvalue weighted by molar-refractivity contribution is 5.70. The number of rotatable bonds is 5. The molecule has 0 amide bonds. The van der Waals surface area contributed by atoms with Gasteiger partial charge in [-0.3, -0.25) is 4.79 Å². The minimum absolute atomic E-state index is 0.275. The minimum Gasteiger partial charge on any atom is -0.481 e. The molecule has 0 spiro atoms. The Morgan fingerprint density at radius 2 is 2.29 bits per heavy atom. The van der Waals surface area contributed by atoms with E-state index in [-0.39, 0.29) is 5.92 Å². The lowest BCUT2D eigenvalue weighted by molar-refractivity contribution is -0.142. The second-order valence-corrected chi connectivity index (χ2v) is 4.67. The molecule has 2 heterocycles. The van der Waals surface area contributed by atoms with Crippen molar-refractivity contribution >= 4 is 5.97 Å². The van der Waals surface area contributed by atoms with Crippen molar-refractivity contribution in [3.05, 3.63) is 11.6 Å². The summed E-state index contributed by atoms with van der Waals surface area (Å²) in [5.74, 6) is 0.931. The van der Waals surface area contributed by atoms with Crippen LogP contribution in [0, 0.1) is 5.92 Å². The lowest BCUT2D eigenvalue weighted by Crippen LogP contribution is -2.27. The van der Waals surface area contributed by atoms with Gasteiger partial charge in [-0.15, -0.1) is 10.2 Å². The van der Waals surface area contributed by atoms with Crippen LogP contribution in [0.2, 0.25) is 0 Å². The molecule has 17 heavy (non-hydrogen) atoms. The van der Waals surface area contributed by atoms with Crippen molar-refractivity contribution in [1.82, 2.24) is 14.8 Å². The topological polar surface area (TPSA) is 68.0 Å². The van der Waals surface area contributed by atoms with Crippen LogP contribution in [0.25, 0.3) is 0 Å². The van der Waals surface area contributed by atoms with E-state index >= 15 is 0 Å². The molecule has 1 aliphatic heterocycles. The predicted octanol–water partition coefficient (Wildman–Crippen LogP) is 1.66. The molecule has 1 atom stereocenters. The van der Waals surface area contributed by atoms with Gasteiger partial charge in [-0.1, -0.05) is 19.8 Å². The number of nitrogens with zero attached hydrogens (tertiary/aromatic N) is 3. The molecule has 1 aromatic rings. The smallest absolute Gasteiger partial charge is 0.308 e. The van der Waals surface area contributed by atoms with Gasteiger partial charge in [0, 0.05) is 19.4 Å². The summed E-state index contributed by atoms with van der Waals surface area (Å²) in [5.41, 5.74) is 0. The van der Waals surface area contributed by atoms with Crippen LogP contribution < -0.4 is 0 Å². The van der Waals surface area contributed by atoms with E-state index in [2.05, 4.69) is 17.1 Å². The Labute approximate surface area is 101 Å². The number of aliphatic carboxylic acids is 1. The third-order valence-electron chi connectivity index (χ3n) is 3.38. The third kappa shape index (κ3) is 2.65. The summed E-state index contributed by atoms with van der Waals surface area (Å²) < 4.78 is 2.01. The maximum atomic E-state index is 11.0. The zero-order chi connectivity index (χ0) is 12.3. The molecule has 1 unspecified atom stereocenters. The molecule has 0 radical (unpaired) electrons. The standard InChI is InChI=1S/C12H19N3O2/c1-2-3-4-5-10-13-14-11-7-6-9(12(16)17)8-15(10)11/h9H,2-8H2,1H3,(H,16,17). The number of carbonyl (C=O) groups is 1. The van der Waals surface area contributed by atoms with Crippen LogP contribution in [0.1, 0.15) is 44.3 Å². The lowest BCUT2D eigenvalue weighted by atomic mass is 9.99. The summed E-state index contributed by atoms with van der Waals surface area (Å²) in [6.45, 7) is 2.71. The maximum absolute atomic E-state index is 11.0. The number of unbranched alkanes of at least 4 members (excludes halogenated alkanes) is 2. The number of fused-ring (bicyclic) bond motifs is 1. The maximum Gasteiger partial charge on any atom is 0.308 e. The van der Waals surface area contributed by atoms with E-state index in [4.69, 9.17) is 5.11 Å². The molecule has 0 aromatic carbocycles. The van der Waals surface area contributed by atoms with E-state index in [0.29, 0.717) is 13.0 Å². The first-order valence-corrected chi connectivity index (χ1v) is 6.36. The van der Waals surface area contributed by atoms with E-state index in [0.717, 1.165) is 30.9 Å². The van der Waals surface area contributed by atoms with E-state index in [9.17, 15) is 4.79 Å². The molecular formula is C12H19N3O2. The van der Waals surface area contributed by atoms with E-state index in [1.54, 1.807) is 0 Å². The molecular weight excluding hydrogens is 218 g/mol. The summed E-state index contributed by atoms with van der Waals surface area (Å²) >= 11 is 0. The molecule has 0 saturated heterocycles. The number of hydrogen-bond acceptors (Lipinski definition) is 3. The Morgan fingerprint density at radius 1 is 1.47 bits per heavy atom. The average Bonchev–Trinajstić information content (AvgIpc) is 2.72. The van der Waals surface area contributed by atoms with Crippen molar-refractivity contribution in [2.24, 2.45) is 5.92 Å². The van der Waals surface area contributed by atoms with Gasteiger partial charge in [0.25, 0.3) is 0 Å². The predicted molar refractivity (Wildman–Crippen MR) is 62.7 cm³/mol. The van der Waals surface area contributed by atoms with Gasteiger partial charge in [-0.25, -0.2) is 0 Å². The Balaban J connectivity index is 2.06. The van der Waals surface area contributed by atoms with Gasteiger partial charge in [0.1, 0.15) is 11.6 Å². The third-order valence-corrected chi connectivity index (χ3v) is 3.38. The summed E-state index contributed by atoms with van der Waals surface area (Å²) in [7, 11) is 0. The van der Waals surface area contributed by atoms with Crippen LogP contribution >= 0.6 is 0 Å². The zero-order valence-electron chi connectivity index (χ0n) is 10.2. The highest BCUT2D eigenvalue weighted by atomic mass is 16.4. The van der Waals surface area contributed by atoms with Gasteiger partial charge >= 0.3 is 5.97 Å². The van der Waals surface area contributed by atoms with Crippen molar-refractivity contribution in [2.45, 2.75) is 52.0 Å². The molecule has 5 nitrogen and oxygen atoms in total. The fourth-order valence-electron chi connectivity index (χ4n) is 2.30. The SMILES string of the molecule is CCCCCc1nnc2n1CC(C(=O)O)CC2. The molecule has 5 heteroatoms. The molecule has 0 aliphatic carbocycles. The summed E-state index contributed by atoms with van der Waals surface area (Å²) in [6.07, 6.45) is 5.79. The number of aryl methyl sites for hydroxylation is 2. The Bertz CT molecular complexity index is 400. The fourth-order valence-corrected chi connectivity index (χ4v) is 2.30. The summed E-state index contributed by atoms with van der Waals surface area (Å²) in [5, 5.41) is 17.4. The summed E-state index contributed by atoms with van der Waals surface area (Å²) in [4.78, 5) is 11.0. The van der Waals surface area contributed by atoms with Gasteiger partial charge in [0.2, 0.25) is 0 Å². The largest absolute Gasteiger partial charge is 0.481 e. The lowest BCUT2D eigenvalue weighted by Gasteiger charge is -2.20. The first-order chi connectivity index (χ1) is 8.22. The van der Waals surface area contributed by atoms with Gasteiger partial charge in [0.15, 0.2) is 0 Å². The molecule has 1 aliphatic rings. The zero-order valence-corrected chi connectivity index (χ0v) is 10.2. The number of hydrogen-bond donors (Lipinski definition) is 1. The van der Waals surface area contributed by atoms with Gasteiger partial charge in [-0.05, 0) is 12.8 Å². The molecule has 2 rings (SSSR count). The average molecular weight is 237 g/mol. The molecule has 94 valence electrons. The van der Waals surface area contributed by atoms with E-state index in [1.165, 1.54) is 12.8 Å². The molecule has 0 saturated carbocycles. The van der Waals surface area contributed by atoms with Crippen LogP contribution in [0.15, 0.2) is 0 Å². The second kappa shape index (κ2) is 5.29. The number of aromatic nitrogens is 3. The molecule has 1 aromatic heterocycles. The minimum atomic E-state index is -0.705. The fraction of sp³-hybridized carbons (Fsp3) is 0.750. The molecule has 0 fully saturated rings. The normalized spacial score (nSPS) is 19.0. The van der Waals surface area contributed by atoms with E-state index < -0.39 is 5.97 Å². The van der Waals surface area contributed by atoms with Crippen molar-refractivity contribution in [2.75, 3.05) is 0 Å². The van der Waals surface area contributed by atoms with Crippen molar-refractivity contribution in [3.8, 4) is 0 Å². The van der Waals surface area contributed by atoms with Gasteiger partial charge in [0.05, 0.1) is 5.92 Å². The molecule has 0 bridgehead atoms. The van der Waals surface area contributed by atoms with Crippen molar-refractivity contribution < 1.29 is 9.90 Å². The van der Waals surface area contributed by atoms with Crippen LogP contribution in [0.3, 0.4) is 0 Å². The van der Waals surface area contributed by atoms with Crippen molar-refractivity contribution in [1.29, 1.82) is 0 Å². The monoisotopic (exact) mass is 237 g/mol. The number of carboxylic acids is 1. The first kappa shape index (κ1) is 12.1. The molecule has 1 N–H and O–H groups in total. The number of carboxylic acid groups (broad SMARTS) is 1. The second-order valence-electron chi connectivity index (χ2n) is 4.67. The van der Waals surface area contributed by atoms with Crippen LogP contribution in [-0.4, -0.2) is 25.8 Å². The highest BCUT2D eigenvalue weighted by Crippen LogP contribution is 2.21. The first-order valence-electron chi connectivity index (χ1n) is 6.36. The van der Waals surface area contributed by atoms with E-state index in [1.807, 2.05) is 4.57 Å². The van der Waals surface area contributed by atoms with Gasteiger partial charge < -0.3 is 9.67 Å². The Kier molecular flexibility index (Phi) is 3.76. The van der Waals surface area contributed by atoms with Crippen molar-refractivity contribution in [3.63, 3.8) is 0 Å². The van der Waals surface area contributed by atoms with Crippen LogP contribution in [0.5, 0.6) is 0 Å². The van der Waals surface area contributed by atoms with Crippen LogP contribution in [-0.2, 0) is 24.2 Å². The quantitative estimate of drug-likeness (QED) is 0.791. The Hall–Kier alpha value is -1.39.